The molecule has 136 valence electrons. The van der Waals surface area contributed by atoms with E-state index in [0.717, 1.165) is 29.1 Å². The number of hydrogen-bond acceptors (Lipinski definition) is 4. The predicted octanol–water partition coefficient (Wildman–Crippen LogP) is 4.59. The van der Waals surface area contributed by atoms with Gasteiger partial charge in [-0.2, -0.15) is 0 Å². The number of aliphatic hydroxyl groups is 1. The average Bonchev–Trinajstić information content (AvgIpc) is 3.02. The zero-order chi connectivity index (χ0) is 17.6. The Morgan fingerprint density at radius 3 is 2.32 bits per heavy atom. The van der Waals surface area contributed by atoms with E-state index in [0.29, 0.717) is 22.5 Å². The lowest BCUT2D eigenvalue weighted by Crippen LogP contribution is -2.46. The van der Waals surface area contributed by atoms with E-state index < -0.39 is 6.61 Å². The molecule has 25 heavy (non-hydrogen) atoms. The molecule has 1 aromatic rings. The van der Waals surface area contributed by atoms with Crippen LogP contribution in [0, 0.1) is 23.2 Å². The van der Waals surface area contributed by atoms with Crippen molar-refractivity contribution in [3.63, 3.8) is 0 Å². The number of thiophene rings is 1. The summed E-state index contributed by atoms with van der Waals surface area (Å²) in [5, 5.41) is 8.97. The number of ketones is 2. The summed E-state index contributed by atoms with van der Waals surface area (Å²) in [6.45, 7) is 1.63. The fourth-order valence-corrected chi connectivity index (χ4v) is 7.27. The standard InChI is InChI=1S/C21H28O3S/c1-13(19-2-3-20(25-19)18(24)12-22)4-17(23)11-21-8-14-5-15(9-21)7-16(6-14)10-21/h2-3,13-16,22H,4-12H2,1H3/t13-,14?,15?,16?,21?/m0/s1. The molecule has 1 N–H and O–H groups in total. The number of rotatable bonds is 7. The van der Waals surface area contributed by atoms with Crippen LogP contribution in [0.4, 0.5) is 0 Å². The summed E-state index contributed by atoms with van der Waals surface area (Å²) in [6.07, 6.45) is 9.46. The first-order chi connectivity index (χ1) is 12.0. The summed E-state index contributed by atoms with van der Waals surface area (Å²) in [5.74, 6) is 3.00. The summed E-state index contributed by atoms with van der Waals surface area (Å²) in [4.78, 5) is 26.1. The summed E-state index contributed by atoms with van der Waals surface area (Å²) in [6, 6.07) is 3.72. The van der Waals surface area contributed by atoms with Gasteiger partial charge in [0.05, 0.1) is 4.88 Å². The average molecular weight is 361 g/mol. The summed E-state index contributed by atoms with van der Waals surface area (Å²) in [7, 11) is 0. The molecule has 4 saturated carbocycles. The van der Waals surface area contributed by atoms with Gasteiger partial charge in [-0.05, 0) is 79.7 Å². The third-order valence-electron chi connectivity index (χ3n) is 6.80. The molecule has 0 aromatic carbocycles. The molecule has 0 radical (unpaired) electrons. The normalized spacial score (nSPS) is 34.2. The lowest BCUT2D eigenvalue weighted by molar-refractivity contribution is -0.127. The Morgan fingerprint density at radius 2 is 1.76 bits per heavy atom. The van der Waals surface area contributed by atoms with Gasteiger partial charge in [0.25, 0.3) is 0 Å². The van der Waals surface area contributed by atoms with Gasteiger partial charge in [-0.3, -0.25) is 9.59 Å². The first-order valence-electron chi connectivity index (χ1n) is 9.72. The Kier molecular flexibility index (Phi) is 4.61. The molecular formula is C21H28O3S. The van der Waals surface area contributed by atoms with Crippen molar-refractivity contribution in [2.24, 2.45) is 23.2 Å². The van der Waals surface area contributed by atoms with E-state index in [-0.39, 0.29) is 11.7 Å². The second-order valence-electron chi connectivity index (χ2n) is 9.02. The topological polar surface area (TPSA) is 54.4 Å². The van der Waals surface area contributed by atoms with Gasteiger partial charge in [-0.15, -0.1) is 11.3 Å². The molecule has 0 saturated heterocycles. The molecule has 1 heterocycles. The molecule has 0 aliphatic heterocycles. The van der Waals surface area contributed by atoms with E-state index in [1.165, 1.54) is 49.9 Å². The molecule has 1 atom stereocenters. The molecule has 1 aromatic heterocycles. The van der Waals surface area contributed by atoms with Crippen molar-refractivity contribution in [2.75, 3.05) is 6.61 Å². The minimum absolute atomic E-state index is 0.159. The van der Waals surface area contributed by atoms with Crippen molar-refractivity contribution in [3.8, 4) is 0 Å². The highest BCUT2D eigenvalue weighted by atomic mass is 32.1. The van der Waals surface area contributed by atoms with Gasteiger partial charge in [0.1, 0.15) is 12.4 Å². The van der Waals surface area contributed by atoms with Gasteiger partial charge >= 0.3 is 0 Å². The molecule has 4 aliphatic carbocycles. The molecule has 0 unspecified atom stereocenters. The fraction of sp³-hybridized carbons (Fsp3) is 0.714. The molecule has 0 spiro atoms. The van der Waals surface area contributed by atoms with Gasteiger partial charge < -0.3 is 5.11 Å². The molecule has 4 fully saturated rings. The molecular weight excluding hydrogens is 332 g/mol. The Bertz CT molecular complexity index is 639. The highest BCUT2D eigenvalue weighted by Gasteiger charge is 2.51. The SMILES string of the molecule is C[C@@H](CC(=O)CC12CC3CC(CC(C3)C1)C2)c1ccc(C(=O)CO)s1. The van der Waals surface area contributed by atoms with Crippen molar-refractivity contribution in [3.05, 3.63) is 21.9 Å². The van der Waals surface area contributed by atoms with E-state index in [1.54, 1.807) is 6.07 Å². The van der Waals surface area contributed by atoms with Crippen LogP contribution in [0.2, 0.25) is 0 Å². The Morgan fingerprint density at radius 1 is 1.16 bits per heavy atom. The Balaban J connectivity index is 1.37. The van der Waals surface area contributed by atoms with Crippen molar-refractivity contribution in [1.29, 1.82) is 0 Å². The minimum Gasteiger partial charge on any atom is -0.388 e. The van der Waals surface area contributed by atoms with E-state index in [9.17, 15) is 9.59 Å². The van der Waals surface area contributed by atoms with Gasteiger partial charge in [0.2, 0.25) is 0 Å². The Hall–Kier alpha value is -1.00. The molecule has 0 amide bonds. The predicted molar refractivity (Wildman–Crippen MR) is 99.0 cm³/mol. The number of hydrogen-bond donors (Lipinski definition) is 1. The molecule has 4 heteroatoms. The largest absolute Gasteiger partial charge is 0.388 e. The van der Waals surface area contributed by atoms with Crippen molar-refractivity contribution >= 4 is 22.9 Å². The van der Waals surface area contributed by atoms with Crippen LogP contribution in [-0.4, -0.2) is 23.3 Å². The first-order valence-corrected chi connectivity index (χ1v) is 10.5. The zero-order valence-electron chi connectivity index (χ0n) is 15.0. The summed E-state index contributed by atoms with van der Waals surface area (Å²) < 4.78 is 0. The number of Topliss-reactive ketones (excluding diaryl/α,β-unsaturated/α-hetero) is 2. The monoisotopic (exact) mass is 360 g/mol. The zero-order valence-corrected chi connectivity index (χ0v) is 15.8. The quantitative estimate of drug-likeness (QED) is 0.724. The van der Waals surface area contributed by atoms with Crippen LogP contribution < -0.4 is 0 Å². The highest BCUT2D eigenvalue weighted by Crippen LogP contribution is 2.61. The maximum absolute atomic E-state index is 12.8. The highest BCUT2D eigenvalue weighted by molar-refractivity contribution is 7.14. The van der Waals surface area contributed by atoms with Gasteiger partial charge in [0.15, 0.2) is 5.78 Å². The third-order valence-corrected chi connectivity index (χ3v) is 8.16. The second-order valence-corrected chi connectivity index (χ2v) is 10.1. The fourth-order valence-electron chi connectivity index (χ4n) is 6.28. The molecule has 5 rings (SSSR count). The smallest absolute Gasteiger partial charge is 0.198 e. The lowest BCUT2D eigenvalue weighted by atomic mass is 9.48. The van der Waals surface area contributed by atoms with Crippen LogP contribution in [-0.2, 0) is 4.79 Å². The van der Waals surface area contributed by atoms with Gasteiger partial charge in [-0.1, -0.05) is 6.92 Å². The van der Waals surface area contributed by atoms with Crippen LogP contribution in [0.5, 0.6) is 0 Å². The van der Waals surface area contributed by atoms with Crippen molar-refractivity contribution < 1.29 is 14.7 Å². The summed E-state index contributed by atoms with van der Waals surface area (Å²) >= 11 is 1.42. The van der Waals surface area contributed by atoms with Crippen LogP contribution in [0.3, 0.4) is 0 Å². The molecule has 4 bridgehead atoms. The molecule has 3 nitrogen and oxygen atoms in total. The first kappa shape index (κ1) is 17.4. The third kappa shape index (κ3) is 3.48. The number of carbonyl (C=O) groups excluding carboxylic acids is 2. The van der Waals surface area contributed by atoms with Gasteiger partial charge in [0, 0.05) is 17.7 Å². The lowest BCUT2D eigenvalue weighted by Gasteiger charge is -2.56. The molecule has 4 aliphatic rings. The second kappa shape index (κ2) is 6.62. The number of aliphatic hydroxyl groups excluding tert-OH is 1. The Labute approximate surface area is 153 Å². The van der Waals surface area contributed by atoms with Crippen molar-refractivity contribution in [2.45, 2.75) is 64.2 Å². The van der Waals surface area contributed by atoms with Crippen LogP contribution in [0.1, 0.15) is 78.8 Å². The van der Waals surface area contributed by atoms with Crippen molar-refractivity contribution in [1.82, 2.24) is 0 Å². The number of carbonyl (C=O) groups is 2. The summed E-state index contributed by atoms with van der Waals surface area (Å²) in [5.41, 5.74) is 0.318. The maximum atomic E-state index is 12.8. The van der Waals surface area contributed by atoms with Crippen LogP contribution >= 0.6 is 11.3 Å². The minimum atomic E-state index is -0.445. The van der Waals surface area contributed by atoms with Gasteiger partial charge in [-0.25, -0.2) is 0 Å². The van der Waals surface area contributed by atoms with Crippen LogP contribution in [0.15, 0.2) is 12.1 Å². The van der Waals surface area contributed by atoms with E-state index in [2.05, 4.69) is 6.92 Å². The maximum Gasteiger partial charge on any atom is 0.198 e. The van der Waals surface area contributed by atoms with E-state index >= 15 is 0 Å². The van der Waals surface area contributed by atoms with E-state index in [4.69, 9.17) is 5.11 Å². The van der Waals surface area contributed by atoms with E-state index in [1.807, 2.05) is 6.07 Å². The van der Waals surface area contributed by atoms with Crippen LogP contribution in [0.25, 0.3) is 0 Å².